The topological polar surface area (TPSA) is 28.1 Å². The van der Waals surface area contributed by atoms with Crippen molar-refractivity contribution in [2.75, 3.05) is 32.7 Å². The Kier molecular flexibility index (Phi) is 4.47. The van der Waals surface area contributed by atoms with Crippen LogP contribution in [0.25, 0.3) is 0 Å². The normalized spacial score (nSPS) is 17.0. The van der Waals surface area contributed by atoms with E-state index in [-0.39, 0.29) is 0 Å². The minimum Gasteiger partial charge on any atom is -0.454 e. The van der Waals surface area contributed by atoms with Gasteiger partial charge in [-0.25, -0.2) is 4.99 Å². The highest BCUT2D eigenvalue weighted by Crippen LogP contribution is 2.38. The Morgan fingerprint density at radius 2 is 1.88 bits per heavy atom. The summed E-state index contributed by atoms with van der Waals surface area (Å²) in [7, 11) is 0. The van der Waals surface area contributed by atoms with E-state index >= 15 is 0 Å². The number of hydrogen-bond acceptors (Lipinski definition) is 4. The number of nitrogens with zero attached hydrogens (tertiary/aromatic N) is 3. The van der Waals surface area contributed by atoms with Gasteiger partial charge in [0.05, 0.1) is 5.56 Å². The zero-order chi connectivity index (χ0) is 17.2. The lowest BCUT2D eigenvalue weighted by molar-refractivity contribution is 0.198. The molecule has 4 nitrogen and oxygen atoms in total. The van der Waals surface area contributed by atoms with E-state index in [1.165, 1.54) is 0 Å². The molecule has 25 heavy (non-hydrogen) atoms. The van der Waals surface area contributed by atoms with E-state index in [4.69, 9.17) is 21.3 Å². The molecule has 0 N–H and O–H groups in total. The number of ether oxygens (including phenoxy) is 1. The lowest BCUT2D eigenvalue weighted by Crippen LogP contribution is -2.48. The number of benzene rings is 2. The van der Waals surface area contributed by atoms with Gasteiger partial charge in [-0.2, -0.15) is 0 Å². The summed E-state index contributed by atoms with van der Waals surface area (Å²) in [4.78, 5) is 9.65. The SMILES string of the molecule is C=CCN1CCN(C2=Nc3ccccc3Oc3ccc(Cl)cc32)CC1. The van der Waals surface area contributed by atoms with Crippen molar-refractivity contribution in [3.05, 3.63) is 65.7 Å². The zero-order valence-corrected chi connectivity index (χ0v) is 14.7. The van der Waals surface area contributed by atoms with Crippen LogP contribution in [0.15, 0.2) is 60.1 Å². The first-order valence-corrected chi connectivity index (χ1v) is 8.86. The molecule has 4 rings (SSSR count). The van der Waals surface area contributed by atoms with Crippen LogP contribution in [-0.4, -0.2) is 48.4 Å². The van der Waals surface area contributed by atoms with Gasteiger partial charge >= 0.3 is 0 Å². The molecule has 1 fully saturated rings. The molecule has 0 saturated carbocycles. The van der Waals surface area contributed by atoms with Gasteiger partial charge < -0.3 is 9.64 Å². The highest BCUT2D eigenvalue weighted by molar-refractivity contribution is 6.31. The Morgan fingerprint density at radius 3 is 2.68 bits per heavy atom. The summed E-state index contributed by atoms with van der Waals surface area (Å²) in [6.45, 7) is 8.57. The van der Waals surface area contributed by atoms with E-state index in [9.17, 15) is 0 Å². The number of aliphatic imine (C=N–C) groups is 1. The predicted molar refractivity (Wildman–Crippen MR) is 102 cm³/mol. The largest absolute Gasteiger partial charge is 0.454 e. The maximum absolute atomic E-state index is 6.26. The van der Waals surface area contributed by atoms with Crippen LogP contribution < -0.4 is 4.74 Å². The fraction of sp³-hybridized carbons (Fsp3) is 0.250. The molecule has 0 atom stereocenters. The van der Waals surface area contributed by atoms with Gasteiger partial charge in [0, 0.05) is 37.7 Å². The van der Waals surface area contributed by atoms with Gasteiger partial charge in [0.15, 0.2) is 5.75 Å². The third kappa shape index (κ3) is 3.28. The monoisotopic (exact) mass is 353 g/mol. The molecule has 0 aliphatic carbocycles. The number of para-hydroxylation sites is 2. The molecule has 128 valence electrons. The first-order chi connectivity index (χ1) is 12.2. The first-order valence-electron chi connectivity index (χ1n) is 8.48. The van der Waals surface area contributed by atoms with Gasteiger partial charge in [-0.1, -0.05) is 29.8 Å². The second-order valence-corrected chi connectivity index (χ2v) is 6.66. The molecular formula is C20H20ClN3O. The molecule has 5 heteroatoms. The predicted octanol–water partition coefficient (Wildman–Crippen LogP) is 4.33. The fourth-order valence-electron chi connectivity index (χ4n) is 3.26. The summed E-state index contributed by atoms with van der Waals surface area (Å²) in [5.74, 6) is 2.49. The molecule has 2 aromatic rings. The van der Waals surface area contributed by atoms with Crippen LogP contribution in [0.5, 0.6) is 11.5 Å². The van der Waals surface area contributed by atoms with Gasteiger partial charge in [0.25, 0.3) is 0 Å². The molecule has 2 aromatic carbocycles. The third-order valence-corrected chi connectivity index (χ3v) is 4.79. The van der Waals surface area contributed by atoms with Crippen LogP contribution in [0.1, 0.15) is 5.56 Å². The molecule has 2 aliphatic rings. The van der Waals surface area contributed by atoms with Crippen LogP contribution in [0, 0.1) is 0 Å². The van der Waals surface area contributed by atoms with E-state index < -0.39 is 0 Å². The van der Waals surface area contributed by atoms with Crippen molar-refractivity contribution in [1.29, 1.82) is 0 Å². The number of amidine groups is 1. The van der Waals surface area contributed by atoms with Crippen molar-refractivity contribution in [1.82, 2.24) is 9.80 Å². The maximum Gasteiger partial charge on any atom is 0.153 e. The average Bonchev–Trinajstić information content (AvgIpc) is 2.79. The van der Waals surface area contributed by atoms with Gasteiger partial charge in [-0.3, -0.25) is 4.90 Å². The van der Waals surface area contributed by atoms with Crippen molar-refractivity contribution in [2.24, 2.45) is 4.99 Å². The van der Waals surface area contributed by atoms with Gasteiger partial charge in [-0.15, -0.1) is 6.58 Å². The van der Waals surface area contributed by atoms with Crippen molar-refractivity contribution in [3.8, 4) is 11.5 Å². The molecule has 0 radical (unpaired) electrons. The first kappa shape index (κ1) is 16.2. The van der Waals surface area contributed by atoms with Gasteiger partial charge in [0.2, 0.25) is 0 Å². The minimum absolute atomic E-state index is 0.686. The van der Waals surface area contributed by atoms with Crippen LogP contribution in [0.2, 0.25) is 5.02 Å². The Bertz CT molecular complexity index is 825. The Labute approximate surface area is 153 Å². The average molecular weight is 354 g/mol. The smallest absolute Gasteiger partial charge is 0.153 e. The van der Waals surface area contributed by atoms with E-state index in [1.807, 2.05) is 48.5 Å². The van der Waals surface area contributed by atoms with Crippen LogP contribution in [0.3, 0.4) is 0 Å². The number of rotatable bonds is 2. The summed E-state index contributed by atoms with van der Waals surface area (Å²) in [5, 5.41) is 0.686. The van der Waals surface area contributed by atoms with Gasteiger partial charge in [-0.05, 0) is 30.3 Å². The standard InChI is InChI=1S/C20H20ClN3O/c1-2-9-23-10-12-24(13-11-23)20-16-14-15(21)7-8-18(16)25-19-6-4-3-5-17(19)22-20/h2-8,14H,1,9-13H2. The second kappa shape index (κ2) is 6.90. The molecular weight excluding hydrogens is 334 g/mol. The van der Waals surface area contributed by atoms with Crippen molar-refractivity contribution < 1.29 is 4.74 Å². The van der Waals surface area contributed by atoms with Crippen molar-refractivity contribution >= 4 is 23.1 Å². The molecule has 2 aliphatic heterocycles. The summed E-state index contributed by atoms with van der Waals surface area (Å²) in [5.41, 5.74) is 1.79. The van der Waals surface area contributed by atoms with E-state index in [1.54, 1.807) is 0 Å². The van der Waals surface area contributed by atoms with E-state index in [0.29, 0.717) is 5.02 Å². The van der Waals surface area contributed by atoms with Crippen LogP contribution in [-0.2, 0) is 0 Å². The lowest BCUT2D eigenvalue weighted by Gasteiger charge is -2.36. The maximum atomic E-state index is 6.26. The Balaban J connectivity index is 1.73. The molecule has 0 aromatic heterocycles. The molecule has 1 saturated heterocycles. The number of halogens is 1. The highest BCUT2D eigenvalue weighted by atomic mass is 35.5. The van der Waals surface area contributed by atoms with Crippen molar-refractivity contribution in [3.63, 3.8) is 0 Å². The van der Waals surface area contributed by atoms with Crippen molar-refractivity contribution in [2.45, 2.75) is 0 Å². The van der Waals surface area contributed by atoms with E-state index in [2.05, 4.69) is 16.4 Å². The fourth-order valence-corrected chi connectivity index (χ4v) is 3.43. The van der Waals surface area contributed by atoms with Crippen LogP contribution in [0.4, 0.5) is 5.69 Å². The summed E-state index contributed by atoms with van der Waals surface area (Å²) < 4.78 is 6.11. The van der Waals surface area contributed by atoms with E-state index in [0.717, 1.165) is 61.3 Å². The molecule has 0 unspecified atom stereocenters. The molecule has 0 amide bonds. The third-order valence-electron chi connectivity index (χ3n) is 4.55. The summed E-state index contributed by atoms with van der Waals surface area (Å²) >= 11 is 6.26. The quantitative estimate of drug-likeness (QED) is 0.752. The Morgan fingerprint density at radius 1 is 1.08 bits per heavy atom. The Hall–Kier alpha value is -2.30. The zero-order valence-electron chi connectivity index (χ0n) is 14.0. The number of hydrogen-bond donors (Lipinski definition) is 0. The minimum atomic E-state index is 0.686. The summed E-state index contributed by atoms with van der Waals surface area (Å²) in [6, 6.07) is 13.6. The number of fused-ring (bicyclic) bond motifs is 2. The molecule has 0 spiro atoms. The lowest BCUT2D eigenvalue weighted by atomic mass is 10.1. The number of piperazine rings is 1. The summed E-state index contributed by atoms with van der Waals surface area (Å²) in [6.07, 6.45) is 1.96. The van der Waals surface area contributed by atoms with Crippen LogP contribution >= 0.6 is 11.6 Å². The highest BCUT2D eigenvalue weighted by Gasteiger charge is 2.25. The molecule has 0 bridgehead atoms. The van der Waals surface area contributed by atoms with Gasteiger partial charge in [0.1, 0.15) is 17.3 Å². The second-order valence-electron chi connectivity index (χ2n) is 6.22. The molecule has 2 heterocycles.